The van der Waals surface area contributed by atoms with Gasteiger partial charge in [-0.3, -0.25) is 9.59 Å². The Kier molecular flexibility index (Phi) is 6.70. The van der Waals surface area contributed by atoms with Crippen LogP contribution in [-0.2, 0) is 16.1 Å². The summed E-state index contributed by atoms with van der Waals surface area (Å²) in [6.45, 7) is 3.71. The topological polar surface area (TPSA) is 84.7 Å². The zero-order valence-electron chi connectivity index (χ0n) is 17.8. The quantitative estimate of drug-likeness (QED) is 0.299. The SMILES string of the molecule is CCCOc1ccc(/C(O)=C2\C(=O)C(=O)N(CCCn3ccnc3)[C@@H]2c2cccs2)cc1. The van der Waals surface area contributed by atoms with E-state index in [1.165, 1.54) is 11.3 Å². The number of aryl methyl sites for hydroxylation is 1. The molecule has 0 bridgehead atoms. The molecule has 3 aromatic rings. The molecule has 1 aliphatic rings. The number of nitrogens with zero attached hydrogens (tertiary/aromatic N) is 3. The number of amides is 1. The smallest absolute Gasteiger partial charge is 0.295 e. The molecule has 7 nitrogen and oxygen atoms in total. The lowest BCUT2D eigenvalue weighted by molar-refractivity contribution is -0.139. The largest absolute Gasteiger partial charge is 0.507 e. The molecule has 1 amide bonds. The number of imidazole rings is 1. The lowest BCUT2D eigenvalue weighted by Crippen LogP contribution is -2.31. The van der Waals surface area contributed by atoms with Gasteiger partial charge in [-0.1, -0.05) is 13.0 Å². The van der Waals surface area contributed by atoms with Gasteiger partial charge >= 0.3 is 0 Å². The van der Waals surface area contributed by atoms with Gasteiger partial charge in [0.1, 0.15) is 11.5 Å². The van der Waals surface area contributed by atoms with Crippen molar-refractivity contribution in [1.82, 2.24) is 14.5 Å². The Morgan fingerprint density at radius 1 is 1.19 bits per heavy atom. The molecular weight excluding hydrogens is 426 g/mol. The Morgan fingerprint density at radius 2 is 2.00 bits per heavy atom. The number of benzene rings is 1. The second-order valence-corrected chi connectivity index (χ2v) is 8.51. The van der Waals surface area contributed by atoms with Crippen molar-refractivity contribution in [3.05, 3.63) is 76.5 Å². The van der Waals surface area contributed by atoms with E-state index in [0.717, 1.165) is 11.3 Å². The molecular formula is C24H25N3O4S. The molecule has 0 unspecified atom stereocenters. The average molecular weight is 452 g/mol. The summed E-state index contributed by atoms with van der Waals surface area (Å²) in [6.07, 6.45) is 6.84. The monoisotopic (exact) mass is 451 g/mol. The highest BCUT2D eigenvalue weighted by Crippen LogP contribution is 2.41. The number of Topliss-reactive ketones (excluding diaryl/α,β-unsaturated/α-hetero) is 1. The number of ether oxygens (including phenoxy) is 1. The van der Waals surface area contributed by atoms with E-state index in [9.17, 15) is 14.7 Å². The van der Waals surface area contributed by atoms with Crippen molar-refractivity contribution in [2.75, 3.05) is 13.2 Å². The number of ketones is 1. The number of likely N-dealkylation sites (tertiary alicyclic amines) is 1. The van der Waals surface area contributed by atoms with E-state index in [0.29, 0.717) is 37.4 Å². The maximum Gasteiger partial charge on any atom is 0.295 e. The fourth-order valence-corrected chi connectivity index (χ4v) is 4.63. The summed E-state index contributed by atoms with van der Waals surface area (Å²) in [4.78, 5) is 32.3. The Labute approximate surface area is 190 Å². The lowest BCUT2D eigenvalue weighted by Gasteiger charge is -2.24. The van der Waals surface area contributed by atoms with Gasteiger partial charge in [0.05, 0.1) is 24.5 Å². The standard InChI is InChI=1S/C24H25N3O4S/c1-2-14-31-18-8-6-17(7-9-18)22(28)20-21(19-5-3-15-32-19)27(24(30)23(20)29)12-4-11-26-13-10-25-16-26/h3,5-10,13,15-16,21,28H,2,4,11-12,14H2,1H3/b22-20+/t21-/m1/s1. The van der Waals surface area contributed by atoms with Gasteiger partial charge in [0.25, 0.3) is 11.7 Å². The predicted octanol–water partition coefficient (Wildman–Crippen LogP) is 4.25. The van der Waals surface area contributed by atoms with Crippen molar-refractivity contribution in [1.29, 1.82) is 0 Å². The number of hydrogen-bond acceptors (Lipinski definition) is 6. The van der Waals surface area contributed by atoms with Crippen molar-refractivity contribution in [2.24, 2.45) is 0 Å². The van der Waals surface area contributed by atoms with Crippen molar-refractivity contribution in [2.45, 2.75) is 32.4 Å². The second kappa shape index (κ2) is 9.82. The molecule has 1 aliphatic heterocycles. The summed E-state index contributed by atoms with van der Waals surface area (Å²) in [7, 11) is 0. The van der Waals surface area contributed by atoms with Gasteiger partial charge in [0.2, 0.25) is 0 Å². The third kappa shape index (κ3) is 4.45. The van der Waals surface area contributed by atoms with Crippen LogP contribution in [0.25, 0.3) is 5.76 Å². The number of hydrogen-bond donors (Lipinski definition) is 1. The minimum atomic E-state index is -0.658. The molecule has 0 aliphatic carbocycles. The summed E-state index contributed by atoms with van der Waals surface area (Å²) >= 11 is 1.46. The summed E-state index contributed by atoms with van der Waals surface area (Å²) < 4.78 is 7.52. The molecule has 1 N–H and O–H groups in total. The summed E-state index contributed by atoms with van der Waals surface area (Å²) in [5.41, 5.74) is 0.606. The first-order chi connectivity index (χ1) is 15.6. The van der Waals surface area contributed by atoms with E-state index < -0.39 is 17.7 Å². The highest BCUT2D eigenvalue weighted by Gasteiger charge is 2.46. The Morgan fingerprint density at radius 3 is 2.66 bits per heavy atom. The average Bonchev–Trinajstić information content (AvgIpc) is 3.56. The fraction of sp³-hybridized carbons (Fsp3) is 0.292. The van der Waals surface area contributed by atoms with Crippen molar-refractivity contribution >= 4 is 28.8 Å². The van der Waals surface area contributed by atoms with Crippen LogP contribution in [0.2, 0.25) is 0 Å². The highest BCUT2D eigenvalue weighted by atomic mass is 32.1. The number of aliphatic hydroxyl groups is 1. The van der Waals surface area contributed by atoms with Crippen LogP contribution in [0.15, 0.2) is 66.1 Å². The summed E-state index contributed by atoms with van der Waals surface area (Å²) in [5.74, 6) is -0.715. The molecule has 1 atom stereocenters. The summed E-state index contributed by atoms with van der Waals surface area (Å²) in [5, 5.41) is 13.0. The van der Waals surface area contributed by atoms with Gasteiger partial charge in [-0.15, -0.1) is 11.3 Å². The number of aliphatic hydroxyl groups excluding tert-OH is 1. The summed E-state index contributed by atoms with van der Waals surface area (Å²) in [6, 6.07) is 10.1. The number of aromatic nitrogens is 2. The first-order valence-corrected chi connectivity index (χ1v) is 11.5. The third-order valence-corrected chi connectivity index (χ3v) is 6.25. The van der Waals surface area contributed by atoms with Gasteiger partial charge in [-0.05, 0) is 48.6 Å². The molecule has 8 heteroatoms. The van der Waals surface area contributed by atoms with E-state index in [-0.39, 0.29) is 11.3 Å². The maximum atomic E-state index is 13.0. The third-order valence-electron chi connectivity index (χ3n) is 5.33. The van der Waals surface area contributed by atoms with Gasteiger partial charge in [-0.25, -0.2) is 4.98 Å². The molecule has 1 fully saturated rings. The van der Waals surface area contributed by atoms with Crippen LogP contribution in [0.5, 0.6) is 5.75 Å². The molecule has 32 heavy (non-hydrogen) atoms. The van der Waals surface area contributed by atoms with Crippen molar-refractivity contribution < 1.29 is 19.4 Å². The Balaban J connectivity index is 1.63. The molecule has 1 saturated heterocycles. The lowest BCUT2D eigenvalue weighted by atomic mass is 10.00. The van der Waals surface area contributed by atoms with E-state index in [4.69, 9.17) is 4.74 Å². The van der Waals surface area contributed by atoms with E-state index in [2.05, 4.69) is 4.98 Å². The highest BCUT2D eigenvalue weighted by molar-refractivity contribution is 7.10. The van der Waals surface area contributed by atoms with Crippen LogP contribution in [0, 0.1) is 0 Å². The van der Waals surface area contributed by atoms with E-state index >= 15 is 0 Å². The first-order valence-electron chi connectivity index (χ1n) is 10.6. The number of rotatable bonds is 9. The minimum Gasteiger partial charge on any atom is -0.507 e. The molecule has 2 aromatic heterocycles. The Bertz CT molecular complexity index is 1090. The molecule has 0 saturated carbocycles. The molecule has 0 spiro atoms. The number of thiophene rings is 1. The van der Waals surface area contributed by atoms with Gasteiger partial charge in [0, 0.05) is 35.9 Å². The second-order valence-electron chi connectivity index (χ2n) is 7.53. The van der Waals surface area contributed by atoms with Crippen LogP contribution in [-0.4, -0.2) is 44.4 Å². The van der Waals surface area contributed by atoms with Crippen LogP contribution in [0.1, 0.15) is 36.2 Å². The zero-order chi connectivity index (χ0) is 22.5. The van der Waals surface area contributed by atoms with Gasteiger partial charge in [-0.2, -0.15) is 0 Å². The zero-order valence-corrected chi connectivity index (χ0v) is 18.6. The van der Waals surface area contributed by atoms with Crippen molar-refractivity contribution in [3.8, 4) is 5.75 Å². The van der Waals surface area contributed by atoms with E-state index in [1.807, 2.05) is 35.2 Å². The molecule has 4 rings (SSSR count). The predicted molar refractivity (Wildman–Crippen MR) is 122 cm³/mol. The number of carbonyl (C=O) groups excluding carboxylic acids is 2. The normalized spacial score (nSPS) is 17.8. The Hall–Kier alpha value is -3.39. The van der Waals surface area contributed by atoms with Crippen LogP contribution >= 0.6 is 11.3 Å². The molecule has 3 heterocycles. The van der Waals surface area contributed by atoms with Gasteiger partial charge in [0.15, 0.2) is 0 Å². The molecule has 0 radical (unpaired) electrons. The number of carbonyl (C=O) groups is 2. The molecule has 1 aromatic carbocycles. The van der Waals surface area contributed by atoms with Crippen LogP contribution in [0.4, 0.5) is 0 Å². The van der Waals surface area contributed by atoms with E-state index in [1.54, 1.807) is 41.7 Å². The maximum absolute atomic E-state index is 13.0. The fourth-order valence-electron chi connectivity index (χ4n) is 3.78. The van der Waals surface area contributed by atoms with Crippen molar-refractivity contribution in [3.63, 3.8) is 0 Å². The first kappa shape index (κ1) is 21.8. The van der Waals surface area contributed by atoms with Crippen LogP contribution < -0.4 is 4.74 Å². The van der Waals surface area contributed by atoms with Crippen LogP contribution in [0.3, 0.4) is 0 Å². The van der Waals surface area contributed by atoms with Gasteiger partial charge < -0.3 is 19.3 Å². The minimum absolute atomic E-state index is 0.127. The molecule has 166 valence electrons.